The Morgan fingerprint density at radius 2 is 1.95 bits per heavy atom. The highest BCUT2D eigenvalue weighted by Crippen LogP contribution is 2.27. The van der Waals surface area contributed by atoms with Crippen molar-refractivity contribution in [1.82, 2.24) is 0 Å². The molecule has 0 saturated carbocycles. The fourth-order valence-electron chi connectivity index (χ4n) is 1.66. The zero-order valence-electron chi connectivity index (χ0n) is 11.3. The van der Waals surface area contributed by atoms with Crippen molar-refractivity contribution in [2.75, 3.05) is 13.2 Å². The summed E-state index contributed by atoms with van der Waals surface area (Å²) in [4.78, 5) is 1.08. The van der Waals surface area contributed by atoms with Crippen LogP contribution in [0.5, 0.6) is 11.5 Å². The molecule has 0 atom stereocenters. The van der Waals surface area contributed by atoms with Crippen LogP contribution in [0.3, 0.4) is 0 Å². The van der Waals surface area contributed by atoms with E-state index in [-0.39, 0.29) is 6.61 Å². The second kappa shape index (κ2) is 7.59. The quantitative estimate of drug-likeness (QED) is 0.859. The van der Waals surface area contributed by atoms with E-state index in [0.29, 0.717) is 13.2 Å². The van der Waals surface area contributed by atoms with Gasteiger partial charge < -0.3 is 14.6 Å². The first-order chi connectivity index (χ1) is 9.83. The normalized spacial score (nSPS) is 9.70. The predicted molar refractivity (Wildman–Crippen MR) is 80.2 cm³/mol. The van der Waals surface area contributed by atoms with Crippen molar-refractivity contribution in [1.29, 1.82) is 0 Å². The lowest BCUT2D eigenvalue weighted by molar-refractivity contribution is 0.271. The summed E-state index contributed by atoms with van der Waals surface area (Å²) in [5.41, 5.74) is 0.903. The third-order valence-electron chi connectivity index (χ3n) is 2.48. The Bertz CT molecular complexity index is 607. The molecular formula is C16H16O3S. The van der Waals surface area contributed by atoms with Gasteiger partial charge in [0.05, 0.1) is 6.61 Å². The Balaban J connectivity index is 2.00. The van der Waals surface area contributed by atoms with Gasteiger partial charge in [0.2, 0.25) is 0 Å². The second-order valence-corrected chi connectivity index (χ2v) is 4.93. The Hall–Kier alpha value is -1.96. The molecule has 1 N–H and O–H groups in total. The van der Waals surface area contributed by atoms with E-state index in [2.05, 4.69) is 11.8 Å². The number of hydrogen-bond donors (Lipinski definition) is 1. The molecule has 0 amide bonds. The van der Waals surface area contributed by atoms with Crippen molar-refractivity contribution >= 4 is 11.3 Å². The van der Waals surface area contributed by atoms with Crippen LogP contribution in [-0.2, 0) is 6.61 Å². The minimum atomic E-state index is -0.122. The molecule has 1 heterocycles. The van der Waals surface area contributed by atoms with Crippen LogP contribution in [0.25, 0.3) is 0 Å². The van der Waals surface area contributed by atoms with Gasteiger partial charge in [-0.2, -0.15) is 0 Å². The SMILES string of the molecule is CCOc1ccccc1OCc1cc(C#CCO)cs1. The van der Waals surface area contributed by atoms with Crippen molar-refractivity contribution in [2.24, 2.45) is 0 Å². The number of hydrogen-bond acceptors (Lipinski definition) is 4. The van der Waals surface area contributed by atoms with Crippen molar-refractivity contribution < 1.29 is 14.6 Å². The van der Waals surface area contributed by atoms with Gasteiger partial charge in [-0.1, -0.05) is 24.0 Å². The molecule has 0 bridgehead atoms. The van der Waals surface area contributed by atoms with E-state index in [4.69, 9.17) is 14.6 Å². The lowest BCUT2D eigenvalue weighted by atomic mass is 10.3. The van der Waals surface area contributed by atoms with E-state index in [1.807, 2.05) is 42.6 Å². The summed E-state index contributed by atoms with van der Waals surface area (Å²) in [5, 5.41) is 10.6. The molecule has 0 spiro atoms. The monoisotopic (exact) mass is 288 g/mol. The summed E-state index contributed by atoms with van der Waals surface area (Å²) in [6.45, 7) is 2.92. The highest BCUT2D eigenvalue weighted by atomic mass is 32.1. The van der Waals surface area contributed by atoms with E-state index in [1.165, 1.54) is 0 Å². The van der Waals surface area contributed by atoms with Crippen LogP contribution in [0.15, 0.2) is 35.7 Å². The van der Waals surface area contributed by atoms with Crippen LogP contribution in [0.2, 0.25) is 0 Å². The number of para-hydroxylation sites is 2. The molecular weight excluding hydrogens is 272 g/mol. The van der Waals surface area contributed by atoms with Gasteiger partial charge >= 0.3 is 0 Å². The van der Waals surface area contributed by atoms with Crippen LogP contribution in [0.1, 0.15) is 17.4 Å². The Morgan fingerprint density at radius 1 is 1.20 bits per heavy atom. The van der Waals surface area contributed by atoms with Gasteiger partial charge in [0.1, 0.15) is 13.2 Å². The lowest BCUT2D eigenvalue weighted by Gasteiger charge is -2.10. The van der Waals surface area contributed by atoms with Crippen molar-refractivity contribution in [3.05, 3.63) is 46.2 Å². The average Bonchev–Trinajstić information content (AvgIpc) is 2.92. The molecule has 0 radical (unpaired) electrons. The van der Waals surface area contributed by atoms with Gasteiger partial charge in [0.25, 0.3) is 0 Å². The molecule has 0 fully saturated rings. The van der Waals surface area contributed by atoms with Gasteiger partial charge in [-0.05, 0) is 25.1 Å². The average molecular weight is 288 g/mol. The maximum atomic E-state index is 8.66. The highest BCUT2D eigenvalue weighted by Gasteiger charge is 2.05. The first kappa shape index (κ1) is 14.4. The maximum absolute atomic E-state index is 8.66. The molecule has 1 aromatic heterocycles. The number of thiophene rings is 1. The van der Waals surface area contributed by atoms with E-state index in [0.717, 1.165) is 21.9 Å². The number of aliphatic hydroxyl groups excluding tert-OH is 1. The third kappa shape index (κ3) is 4.02. The van der Waals surface area contributed by atoms with Gasteiger partial charge in [0, 0.05) is 15.8 Å². The van der Waals surface area contributed by atoms with E-state index in [9.17, 15) is 0 Å². The largest absolute Gasteiger partial charge is 0.490 e. The molecule has 1 aromatic carbocycles. The first-order valence-corrected chi connectivity index (χ1v) is 7.23. The number of aliphatic hydroxyl groups is 1. The standard InChI is InChI=1S/C16H16O3S/c1-2-18-15-7-3-4-8-16(15)19-11-14-10-13(12-20-14)6-5-9-17/h3-4,7-8,10,12,17H,2,9,11H2,1H3. The summed E-state index contributed by atoms with van der Waals surface area (Å²) in [5.74, 6) is 7.00. The number of rotatable bonds is 5. The zero-order chi connectivity index (χ0) is 14.2. The highest BCUT2D eigenvalue weighted by molar-refractivity contribution is 7.10. The molecule has 3 nitrogen and oxygen atoms in total. The molecule has 0 saturated heterocycles. The van der Waals surface area contributed by atoms with Crippen molar-refractivity contribution in [3.63, 3.8) is 0 Å². The molecule has 0 unspecified atom stereocenters. The molecule has 2 aromatic rings. The van der Waals surface area contributed by atoms with E-state index < -0.39 is 0 Å². The summed E-state index contributed by atoms with van der Waals surface area (Å²) >= 11 is 1.59. The Kier molecular flexibility index (Phi) is 5.48. The summed E-state index contributed by atoms with van der Waals surface area (Å²) < 4.78 is 11.3. The minimum absolute atomic E-state index is 0.122. The Morgan fingerprint density at radius 3 is 2.65 bits per heavy atom. The molecule has 0 aliphatic carbocycles. The zero-order valence-corrected chi connectivity index (χ0v) is 12.1. The molecule has 4 heteroatoms. The fourth-order valence-corrected chi connectivity index (χ4v) is 2.38. The maximum Gasteiger partial charge on any atom is 0.161 e. The van der Waals surface area contributed by atoms with Crippen LogP contribution in [0, 0.1) is 11.8 Å². The fraction of sp³-hybridized carbons (Fsp3) is 0.250. The van der Waals surface area contributed by atoms with Crippen molar-refractivity contribution in [2.45, 2.75) is 13.5 Å². The second-order valence-electron chi connectivity index (χ2n) is 3.93. The third-order valence-corrected chi connectivity index (χ3v) is 3.39. The summed E-state index contributed by atoms with van der Waals surface area (Å²) in [6.07, 6.45) is 0. The predicted octanol–water partition coefficient (Wildman–Crippen LogP) is 3.07. The molecule has 2 rings (SSSR count). The van der Waals surface area contributed by atoms with Gasteiger partial charge in [-0.15, -0.1) is 11.3 Å². The number of ether oxygens (including phenoxy) is 2. The van der Waals surface area contributed by atoms with Gasteiger partial charge in [0.15, 0.2) is 11.5 Å². The smallest absolute Gasteiger partial charge is 0.161 e. The molecule has 104 valence electrons. The molecule has 0 aliphatic heterocycles. The van der Waals surface area contributed by atoms with Gasteiger partial charge in [-0.25, -0.2) is 0 Å². The first-order valence-electron chi connectivity index (χ1n) is 6.35. The minimum Gasteiger partial charge on any atom is -0.490 e. The van der Waals surface area contributed by atoms with E-state index in [1.54, 1.807) is 11.3 Å². The summed E-state index contributed by atoms with van der Waals surface area (Å²) in [6, 6.07) is 9.60. The lowest BCUT2D eigenvalue weighted by Crippen LogP contribution is -1.98. The van der Waals surface area contributed by atoms with Crippen LogP contribution in [0.4, 0.5) is 0 Å². The number of benzene rings is 1. The van der Waals surface area contributed by atoms with Crippen LogP contribution in [-0.4, -0.2) is 18.3 Å². The Labute approximate surface area is 122 Å². The van der Waals surface area contributed by atoms with Crippen LogP contribution < -0.4 is 9.47 Å². The molecule has 20 heavy (non-hydrogen) atoms. The van der Waals surface area contributed by atoms with Crippen LogP contribution >= 0.6 is 11.3 Å². The molecule has 0 aliphatic rings. The topological polar surface area (TPSA) is 38.7 Å². The summed E-state index contributed by atoms with van der Waals surface area (Å²) in [7, 11) is 0. The van der Waals surface area contributed by atoms with E-state index >= 15 is 0 Å². The van der Waals surface area contributed by atoms with Crippen molar-refractivity contribution in [3.8, 4) is 23.3 Å². The van der Waals surface area contributed by atoms with Gasteiger partial charge in [-0.3, -0.25) is 0 Å².